The summed E-state index contributed by atoms with van der Waals surface area (Å²) in [5.41, 5.74) is 2.17. The van der Waals surface area contributed by atoms with Gasteiger partial charge in [-0.15, -0.1) is 0 Å². The number of benzene rings is 1. The monoisotopic (exact) mass is 425 g/mol. The van der Waals surface area contributed by atoms with Gasteiger partial charge < -0.3 is 20.3 Å². The molecular weight excluding hydrogens is 402 g/mol. The van der Waals surface area contributed by atoms with Gasteiger partial charge in [0.25, 0.3) is 5.56 Å². The van der Waals surface area contributed by atoms with Crippen LogP contribution < -0.4 is 16.6 Å². The summed E-state index contributed by atoms with van der Waals surface area (Å²) in [7, 11) is 0. The van der Waals surface area contributed by atoms with Crippen LogP contribution in [0.4, 0.5) is 0 Å². The highest BCUT2D eigenvalue weighted by Gasteiger charge is 2.29. The van der Waals surface area contributed by atoms with E-state index >= 15 is 0 Å². The molecule has 2 amide bonds. The number of aliphatic hydroxyl groups excluding tert-OH is 1. The predicted octanol–water partition coefficient (Wildman–Crippen LogP) is -0.612. The van der Waals surface area contributed by atoms with Crippen molar-refractivity contribution in [2.45, 2.75) is 32.5 Å². The summed E-state index contributed by atoms with van der Waals surface area (Å²) >= 11 is 0. The van der Waals surface area contributed by atoms with Crippen molar-refractivity contribution in [2.24, 2.45) is 0 Å². The number of aliphatic hydroxyl groups is 1. The summed E-state index contributed by atoms with van der Waals surface area (Å²) in [5, 5.41) is 13.3. The number of carbonyl (C=O) groups excluding carboxylic acids is 2. The summed E-state index contributed by atoms with van der Waals surface area (Å²) in [5.74, 6) is -1.02. The largest absolute Gasteiger partial charge is 0.394 e. The highest BCUT2D eigenvalue weighted by molar-refractivity contribution is 5.89. The Morgan fingerprint density at radius 3 is 2.77 bits per heavy atom. The zero-order chi connectivity index (χ0) is 22.1. The molecule has 0 fully saturated rings. The van der Waals surface area contributed by atoms with E-state index < -0.39 is 35.7 Å². The lowest BCUT2D eigenvalue weighted by atomic mass is 10.0. The van der Waals surface area contributed by atoms with Gasteiger partial charge in [0, 0.05) is 34.9 Å². The molecule has 1 atom stereocenters. The second-order valence-corrected chi connectivity index (χ2v) is 7.64. The smallest absolute Gasteiger partial charge is 0.328 e. The molecule has 3 aromatic rings. The highest BCUT2D eigenvalue weighted by Crippen LogP contribution is 2.27. The fourth-order valence-electron chi connectivity index (χ4n) is 3.92. The van der Waals surface area contributed by atoms with Crippen LogP contribution in [0.15, 0.2) is 40.1 Å². The minimum Gasteiger partial charge on any atom is -0.394 e. The Morgan fingerprint density at radius 2 is 2.00 bits per heavy atom. The van der Waals surface area contributed by atoms with E-state index in [1.165, 1.54) is 18.7 Å². The molecule has 0 unspecified atom stereocenters. The molecule has 0 aliphatic carbocycles. The third kappa shape index (κ3) is 4.02. The summed E-state index contributed by atoms with van der Waals surface area (Å²) in [4.78, 5) is 55.7. The van der Waals surface area contributed by atoms with Crippen molar-refractivity contribution in [3.8, 4) is 0 Å². The van der Waals surface area contributed by atoms with Crippen LogP contribution in [0.5, 0.6) is 0 Å². The molecule has 10 heteroatoms. The molecule has 3 heterocycles. The number of hydrogen-bond donors (Lipinski definition) is 4. The van der Waals surface area contributed by atoms with Crippen LogP contribution in [0.3, 0.4) is 0 Å². The van der Waals surface area contributed by atoms with Crippen LogP contribution in [-0.4, -0.2) is 55.5 Å². The Labute approximate surface area is 176 Å². The predicted molar refractivity (Wildman–Crippen MR) is 112 cm³/mol. The molecule has 4 rings (SSSR count). The first-order chi connectivity index (χ1) is 14.9. The standard InChI is InChI=1S/C21H23N5O5/c1-12-8-26(21(31)24-19(12)29)10-18(28)23-17(11-27)20(30)25-7-6-14-13-4-2-3-5-15(13)22-16(14)9-25/h2-5,8,17,22,27H,6-7,9-11H2,1H3,(H,23,28)(H,24,29,31)/t17-/m0/s1. The number of amides is 2. The van der Waals surface area contributed by atoms with Gasteiger partial charge >= 0.3 is 5.69 Å². The van der Waals surface area contributed by atoms with Crippen molar-refractivity contribution in [3.05, 3.63) is 68.1 Å². The molecule has 162 valence electrons. The van der Waals surface area contributed by atoms with Gasteiger partial charge in [-0.05, 0) is 25.0 Å². The van der Waals surface area contributed by atoms with Crippen LogP contribution >= 0.6 is 0 Å². The van der Waals surface area contributed by atoms with Crippen molar-refractivity contribution in [2.75, 3.05) is 13.2 Å². The average Bonchev–Trinajstić information content (AvgIpc) is 3.13. The van der Waals surface area contributed by atoms with Crippen molar-refractivity contribution >= 4 is 22.7 Å². The number of aryl methyl sites for hydroxylation is 1. The van der Waals surface area contributed by atoms with Crippen LogP contribution in [0.25, 0.3) is 10.9 Å². The minimum absolute atomic E-state index is 0.282. The maximum Gasteiger partial charge on any atom is 0.328 e. The van der Waals surface area contributed by atoms with Crippen LogP contribution in [0.1, 0.15) is 16.8 Å². The second kappa shape index (κ2) is 8.23. The van der Waals surface area contributed by atoms with E-state index in [1.807, 2.05) is 24.3 Å². The molecule has 4 N–H and O–H groups in total. The maximum atomic E-state index is 12.9. The second-order valence-electron chi connectivity index (χ2n) is 7.64. The van der Waals surface area contributed by atoms with E-state index in [-0.39, 0.29) is 12.1 Å². The molecule has 0 saturated heterocycles. The van der Waals surface area contributed by atoms with E-state index in [0.717, 1.165) is 21.2 Å². The topological polar surface area (TPSA) is 140 Å². The maximum absolute atomic E-state index is 12.9. The van der Waals surface area contributed by atoms with Crippen molar-refractivity contribution in [1.82, 2.24) is 24.8 Å². The van der Waals surface area contributed by atoms with E-state index in [4.69, 9.17) is 0 Å². The van der Waals surface area contributed by atoms with Crippen LogP contribution in [0.2, 0.25) is 0 Å². The number of aromatic amines is 2. The van der Waals surface area contributed by atoms with E-state index in [0.29, 0.717) is 19.5 Å². The molecule has 31 heavy (non-hydrogen) atoms. The Hall–Kier alpha value is -3.66. The van der Waals surface area contributed by atoms with E-state index in [2.05, 4.69) is 15.3 Å². The number of hydrogen-bond acceptors (Lipinski definition) is 5. The number of fused-ring (bicyclic) bond motifs is 3. The quantitative estimate of drug-likeness (QED) is 0.432. The van der Waals surface area contributed by atoms with Crippen LogP contribution in [0, 0.1) is 6.92 Å². The van der Waals surface area contributed by atoms with Crippen molar-refractivity contribution < 1.29 is 14.7 Å². The number of carbonyl (C=O) groups is 2. The third-order valence-electron chi connectivity index (χ3n) is 5.51. The molecule has 10 nitrogen and oxygen atoms in total. The number of rotatable bonds is 5. The Bertz CT molecular complexity index is 1270. The van der Waals surface area contributed by atoms with Crippen molar-refractivity contribution in [1.29, 1.82) is 0 Å². The summed E-state index contributed by atoms with van der Waals surface area (Å²) in [6.07, 6.45) is 1.95. The Balaban J connectivity index is 1.45. The SMILES string of the molecule is Cc1cn(CC(=O)N[C@@H](CO)C(=O)N2CCc3c([nH]c4ccccc34)C2)c(=O)[nH]c1=O. The first kappa shape index (κ1) is 20.6. The number of nitrogens with zero attached hydrogens (tertiary/aromatic N) is 2. The Kier molecular flexibility index (Phi) is 5.47. The number of aromatic nitrogens is 3. The molecule has 1 aromatic carbocycles. The van der Waals surface area contributed by atoms with Gasteiger partial charge in [0.1, 0.15) is 12.6 Å². The lowest BCUT2D eigenvalue weighted by Crippen LogP contribution is -2.52. The highest BCUT2D eigenvalue weighted by atomic mass is 16.3. The molecule has 0 radical (unpaired) electrons. The van der Waals surface area contributed by atoms with E-state index in [1.54, 1.807) is 4.90 Å². The van der Waals surface area contributed by atoms with Gasteiger partial charge in [-0.1, -0.05) is 18.2 Å². The summed E-state index contributed by atoms with van der Waals surface area (Å²) in [6.45, 7) is 1.39. The number of nitrogens with one attached hydrogen (secondary N) is 3. The third-order valence-corrected chi connectivity index (χ3v) is 5.51. The van der Waals surface area contributed by atoms with Gasteiger partial charge in [0.2, 0.25) is 11.8 Å². The number of H-pyrrole nitrogens is 2. The van der Waals surface area contributed by atoms with Crippen LogP contribution in [-0.2, 0) is 29.1 Å². The molecule has 2 aromatic heterocycles. The molecule has 0 saturated carbocycles. The molecule has 1 aliphatic rings. The molecule has 1 aliphatic heterocycles. The first-order valence-electron chi connectivity index (χ1n) is 9.95. The summed E-state index contributed by atoms with van der Waals surface area (Å²) < 4.78 is 1.04. The van der Waals surface area contributed by atoms with Gasteiger partial charge in [0.05, 0.1) is 13.2 Å². The zero-order valence-electron chi connectivity index (χ0n) is 17.0. The molecule has 0 bridgehead atoms. The Morgan fingerprint density at radius 1 is 1.23 bits per heavy atom. The van der Waals surface area contributed by atoms with E-state index in [9.17, 15) is 24.3 Å². The first-order valence-corrected chi connectivity index (χ1v) is 9.95. The minimum atomic E-state index is -1.13. The fourth-order valence-corrected chi connectivity index (χ4v) is 3.92. The van der Waals surface area contributed by atoms with Gasteiger partial charge in [-0.3, -0.25) is 23.9 Å². The van der Waals surface area contributed by atoms with Gasteiger partial charge in [-0.2, -0.15) is 0 Å². The fraction of sp³-hybridized carbons (Fsp3) is 0.333. The lowest BCUT2D eigenvalue weighted by molar-refractivity contribution is -0.138. The molecular formula is C21H23N5O5. The van der Waals surface area contributed by atoms with Gasteiger partial charge in [0.15, 0.2) is 0 Å². The average molecular weight is 425 g/mol. The molecule has 0 spiro atoms. The zero-order valence-corrected chi connectivity index (χ0v) is 17.0. The summed E-state index contributed by atoms with van der Waals surface area (Å²) in [6, 6.07) is 6.81. The van der Waals surface area contributed by atoms with Crippen molar-refractivity contribution in [3.63, 3.8) is 0 Å². The lowest BCUT2D eigenvalue weighted by Gasteiger charge is -2.30. The number of para-hydroxylation sites is 1. The normalized spacial score (nSPS) is 14.3. The van der Waals surface area contributed by atoms with Gasteiger partial charge in [-0.25, -0.2) is 4.79 Å².